The number of anilines is 1. The maximum atomic E-state index is 13.6. The Labute approximate surface area is 196 Å². The van der Waals surface area contributed by atoms with E-state index in [-0.39, 0.29) is 17.4 Å². The largest absolute Gasteiger partial charge is 0.494 e. The Morgan fingerprint density at radius 1 is 1.03 bits per heavy atom. The van der Waals surface area contributed by atoms with Crippen molar-refractivity contribution in [2.75, 3.05) is 11.5 Å². The van der Waals surface area contributed by atoms with Crippen molar-refractivity contribution in [3.63, 3.8) is 0 Å². The molecule has 0 N–H and O–H groups in total. The molecule has 1 heterocycles. The Kier molecular flexibility index (Phi) is 6.69. The van der Waals surface area contributed by atoms with E-state index >= 15 is 0 Å². The summed E-state index contributed by atoms with van der Waals surface area (Å²) in [4.78, 5) is 27.5. The van der Waals surface area contributed by atoms with E-state index < -0.39 is 27.9 Å². The molecular weight excluding hydrogens is 496 g/mol. The van der Waals surface area contributed by atoms with Crippen LogP contribution in [0.5, 0.6) is 5.75 Å². The molecule has 0 radical (unpaired) electrons. The molecule has 1 aliphatic carbocycles. The van der Waals surface area contributed by atoms with E-state index in [0.717, 1.165) is 22.2 Å². The lowest BCUT2D eigenvalue weighted by atomic mass is 10.2. The summed E-state index contributed by atoms with van der Waals surface area (Å²) in [7, 11) is -3.97. The van der Waals surface area contributed by atoms with E-state index in [1.54, 1.807) is 36.4 Å². The molecule has 170 valence electrons. The quantitative estimate of drug-likeness (QED) is 0.512. The van der Waals surface area contributed by atoms with Crippen LogP contribution in [0.2, 0.25) is 0 Å². The van der Waals surface area contributed by atoms with Gasteiger partial charge in [-0.1, -0.05) is 28.8 Å². The van der Waals surface area contributed by atoms with Crippen molar-refractivity contribution in [2.45, 2.75) is 56.0 Å². The van der Waals surface area contributed by atoms with Crippen LogP contribution < -0.4 is 9.64 Å². The van der Waals surface area contributed by atoms with Gasteiger partial charge in [-0.25, -0.2) is 13.3 Å². The van der Waals surface area contributed by atoms with Crippen molar-refractivity contribution >= 4 is 43.5 Å². The zero-order valence-electron chi connectivity index (χ0n) is 17.7. The normalized spacial score (nSPS) is 19.8. The second-order valence-corrected chi connectivity index (χ2v) is 10.7. The van der Waals surface area contributed by atoms with E-state index in [9.17, 15) is 18.0 Å². The minimum Gasteiger partial charge on any atom is -0.494 e. The third kappa shape index (κ3) is 4.33. The van der Waals surface area contributed by atoms with Crippen molar-refractivity contribution < 1.29 is 22.7 Å². The average molecular weight is 521 g/mol. The molecule has 2 amide bonds. The molecule has 2 aromatic carbocycles. The van der Waals surface area contributed by atoms with Crippen LogP contribution in [0.25, 0.3) is 0 Å². The summed E-state index contributed by atoms with van der Waals surface area (Å²) < 4.78 is 34.8. The van der Waals surface area contributed by atoms with E-state index in [2.05, 4.69) is 15.9 Å². The molecule has 1 atom stereocenters. The Balaban J connectivity index is 1.68. The number of hydrogen-bond donors (Lipinski definition) is 0. The van der Waals surface area contributed by atoms with Gasteiger partial charge in [-0.2, -0.15) is 4.31 Å². The first-order chi connectivity index (χ1) is 15.3. The molecule has 2 aliphatic rings. The zero-order chi connectivity index (χ0) is 22.9. The number of ether oxygens (including phenoxy) is 1. The SMILES string of the molecule is CCOc1ccc(N2C(=O)CC(N(C3CCCC3)S(=O)(=O)c3ccc(Br)cc3)C2=O)cc1. The molecule has 0 spiro atoms. The van der Waals surface area contributed by atoms with Gasteiger partial charge in [0.2, 0.25) is 15.9 Å². The van der Waals surface area contributed by atoms with Crippen LogP contribution in [0.15, 0.2) is 57.9 Å². The summed E-state index contributed by atoms with van der Waals surface area (Å²) in [5, 5.41) is 0. The molecule has 1 unspecified atom stereocenters. The van der Waals surface area contributed by atoms with Crippen molar-refractivity contribution in [2.24, 2.45) is 0 Å². The molecule has 1 saturated carbocycles. The number of halogens is 1. The van der Waals surface area contributed by atoms with Gasteiger partial charge in [0, 0.05) is 10.5 Å². The van der Waals surface area contributed by atoms with Crippen LogP contribution >= 0.6 is 15.9 Å². The second kappa shape index (κ2) is 9.33. The van der Waals surface area contributed by atoms with Gasteiger partial charge in [0.1, 0.15) is 11.8 Å². The smallest absolute Gasteiger partial charge is 0.252 e. The number of carbonyl (C=O) groups is 2. The van der Waals surface area contributed by atoms with Crippen LogP contribution in [0.1, 0.15) is 39.0 Å². The summed E-state index contributed by atoms with van der Waals surface area (Å²) >= 11 is 3.32. The fourth-order valence-corrected chi connectivity index (χ4v) is 6.54. The number of sulfonamides is 1. The highest BCUT2D eigenvalue weighted by Gasteiger charge is 2.49. The standard InChI is InChI=1S/C23H25BrN2O5S/c1-2-31-19-11-9-17(10-12-19)25-22(27)15-21(23(25)28)26(18-5-3-4-6-18)32(29,30)20-13-7-16(24)8-14-20/h7-14,18,21H,2-6,15H2,1H3. The van der Waals surface area contributed by atoms with E-state index in [1.807, 2.05) is 6.92 Å². The van der Waals surface area contributed by atoms with Crippen LogP contribution in [-0.4, -0.2) is 43.2 Å². The minimum atomic E-state index is -3.97. The van der Waals surface area contributed by atoms with Crippen LogP contribution in [-0.2, 0) is 19.6 Å². The molecule has 9 heteroatoms. The fourth-order valence-electron chi connectivity index (χ4n) is 4.45. The van der Waals surface area contributed by atoms with Crippen molar-refractivity contribution in [1.82, 2.24) is 4.31 Å². The van der Waals surface area contributed by atoms with Crippen LogP contribution in [0.3, 0.4) is 0 Å². The molecule has 1 aliphatic heterocycles. The van der Waals surface area contributed by atoms with Gasteiger partial charge in [-0.15, -0.1) is 0 Å². The maximum Gasteiger partial charge on any atom is 0.252 e. The number of nitrogens with zero attached hydrogens (tertiary/aromatic N) is 2. The Morgan fingerprint density at radius 3 is 2.25 bits per heavy atom. The Bertz CT molecular complexity index is 1100. The number of carbonyl (C=O) groups excluding carboxylic acids is 2. The van der Waals surface area contributed by atoms with Gasteiger partial charge in [0.15, 0.2) is 0 Å². The number of amides is 2. The van der Waals surface area contributed by atoms with Crippen LogP contribution in [0, 0.1) is 0 Å². The molecule has 2 fully saturated rings. The molecule has 7 nitrogen and oxygen atoms in total. The highest BCUT2D eigenvalue weighted by Crippen LogP contribution is 2.36. The predicted molar refractivity (Wildman–Crippen MR) is 124 cm³/mol. The highest BCUT2D eigenvalue weighted by atomic mass is 79.9. The van der Waals surface area contributed by atoms with E-state index in [0.29, 0.717) is 30.9 Å². The minimum absolute atomic E-state index is 0.118. The number of benzene rings is 2. The third-order valence-corrected chi connectivity index (χ3v) is 8.41. The second-order valence-electron chi connectivity index (χ2n) is 7.94. The maximum absolute atomic E-state index is 13.6. The predicted octanol–water partition coefficient (Wildman–Crippen LogP) is 4.11. The molecule has 32 heavy (non-hydrogen) atoms. The summed E-state index contributed by atoms with van der Waals surface area (Å²) in [5.41, 5.74) is 0.415. The topological polar surface area (TPSA) is 84.0 Å². The summed E-state index contributed by atoms with van der Waals surface area (Å²) in [5.74, 6) is -0.276. The number of imide groups is 1. The van der Waals surface area contributed by atoms with Gasteiger partial charge >= 0.3 is 0 Å². The van der Waals surface area contributed by atoms with Crippen molar-refractivity contribution in [1.29, 1.82) is 0 Å². The summed E-state index contributed by atoms with van der Waals surface area (Å²) in [6.07, 6.45) is 2.98. The lowest BCUT2D eigenvalue weighted by molar-refractivity contribution is -0.122. The third-order valence-electron chi connectivity index (χ3n) is 5.91. The van der Waals surface area contributed by atoms with Crippen molar-refractivity contribution in [3.8, 4) is 5.75 Å². The van der Waals surface area contributed by atoms with Crippen molar-refractivity contribution in [3.05, 3.63) is 53.0 Å². The fraction of sp³-hybridized carbons (Fsp3) is 0.391. The molecule has 1 saturated heterocycles. The zero-order valence-corrected chi connectivity index (χ0v) is 20.1. The monoisotopic (exact) mass is 520 g/mol. The average Bonchev–Trinajstić information content (AvgIpc) is 3.38. The molecule has 0 aromatic heterocycles. The molecule has 0 bridgehead atoms. The Hall–Kier alpha value is -2.23. The summed E-state index contributed by atoms with van der Waals surface area (Å²) in [6, 6.07) is 11.7. The van der Waals surface area contributed by atoms with Gasteiger partial charge in [-0.05, 0) is 68.3 Å². The Morgan fingerprint density at radius 2 is 1.66 bits per heavy atom. The van der Waals surface area contributed by atoms with E-state index in [4.69, 9.17) is 4.74 Å². The number of hydrogen-bond acceptors (Lipinski definition) is 5. The summed E-state index contributed by atoms with van der Waals surface area (Å²) in [6.45, 7) is 2.38. The lowest BCUT2D eigenvalue weighted by Gasteiger charge is -2.32. The van der Waals surface area contributed by atoms with E-state index in [1.165, 1.54) is 16.4 Å². The van der Waals surface area contributed by atoms with Gasteiger partial charge in [0.25, 0.3) is 5.91 Å². The van der Waals surface area contributed by atoms with Gasteiger partial charge in [0.05, 0.1) is 23.6 Å². The lowest BCUT2D eigenvalue weighted by Crippen LogP contribution is -2.49. The highest BCUT2D eigenvalue weighted by molar-refractivity contribution is 9.10. The molecular formula is C23H25BrN2O5S. The first-order valence-corrected chi connectivity index (χ1v) is 12.9. The van der Waals surface area contributed by atoms with Crippen LogP contribution in [0.4, 0.5) is 5.69 Å². The van der Waals surface area contributed by atoms with Gasteiger partial charge < -0.3 is 4.74 Å². The van der Waals surface area contributed by atoms with Gasteiger partial charge in [-0.3, -0.25) is 9.59 Å². The number of rotatable bonds is 7. The first-order valence-electron chi connectivity index (χ1n) is 10.7. The molecule has 2 aromatic rings. The first kappa shape index (κ1) is 22.9. The molecule has 4 rings (SSSR count).